The zero-order valence-corrected chi connectivity index (χ0v) is 13.9. The molecule has 1 aromatic heterocycles. The van der Waals surface area contributed by atoms with Crippen LogP contribution in [0.4, 0.5) is 10.6 Å². The summed E-state index contributed by atoms with van der Waals surface area (Å²) in [5, 5.41) is 0. The fourth-order valence-corrected chi connectivity index (χ4v) is 3.49. The van der Waals surface area contributed by atoms with Crippen molar-refractivity contribution in [1.29, 1.82) is 0 Å². The van der Waals surface area contributed by atoms with Gasteiger partial charge >= 0.3 is 6.09 Å². The Morgan fingerprint density at radius 3 is 2.77 bits per heavy atom. The van der Waals surface area contributed by atoms with Crippen molar-refractivity contribution >= 4 is 11.9 Å². The molecule has 1 aromatic rings. The highest BCUT2D eigenvalue weighted by atomic mass is 16.6. The number of amides is 1. The van der Waals surface area contributed by atoms with Crippen LogP contribution in [0.5, 0.6) is 0 Å². The number of aromatic nitrogens is 1. The molecule has 1 amide bonds. The summed E-state index contributed by atoms with van der Waals surface area (Å²) in [6.45, 7) is 9.97. The summed E-state index contributed by atoms with van der Waals surface area (Å²) in [4.78, 5) is 21.0. The SMILES string of the molecule is CC(C)N1CCC[C@@H]1c1cccc(N2C(=O)OCC2(C)C)n1. The number of carbonyl (C=O) groups excluding carboxylic acids is 1. The Kier molecular flexibility index (Phi) is 3.85. The van der Waals surface area contributed by atoms with Gasteiger partial charge in [0.2, 0.25) is 0 Å². The van der Waals surface area contributed by atoms with Crippen molar-refractivity contribution in [3.05, 3.63) is 23.9 Å². The summed E-state index contributed by atoms with van der Waals surface area (Å²) in [5.41, 5.74) is 0.704. The molecule has 0 unspecified atom stereocenters. The minimum Gasteiger partial charge on any atom is -0.447 e. The molecule has 3 heterocycles. The molecular formula is C17H25N3O2. The van der Waals surface area contributed by atoms with Gasteiger partial charge in [-0.05, 0) is 59.2 Å². The standard InChI is InChI=1S/C17H25N3O2/c1-12(2)19-10-6-8-14(19)13-7-5-9-15(18-13)20-16(21)22-11-17(20,3)4/h5,7,9,12,14H,6,8,10-11H2,1-4H3/t14-/m1/s1. The lowest BCUT2D eigenvalue weighted by Crippen LogP contribution is -2.42. The minimum absolute atomic E-state index is 0.304. The highest BCUT2D eigenvalue weighted by Crippen LogP contribution is 2.35. The van der Waals surface area contributed by atoms with Crippen LogP contribution < -0.4 is 4.90 Å². The average molecular weight is 303 g/mol. The van der Waals surface area contributed by atoms with Gasteiger partial charge in [-0.15, -0.1) is 0 Å². The third kappa shape index (κ3) is 2.58. The van der Waals surface area contributed by atoms with E-state index in [1.807, 2.05) is 26.0 Å². The zero-order chi connectivity index (χ0) is 15.9. The van der Waals surface area contributed by atoms with Crippen molar-refractivity contribution in [2.75, 3.05) is 18.1 Å². The number of carbonyl (C=O) groups is 1. The van der Waals surface area contributed by atoms with E-state index in [2.05, 4.69) is 24.8 Å². The number of likely N-dealkylation sites (tertiary alicyclic amines) is 1. The molecule has 0 bridgehead atoms. The second kappa shape index (κ2) is 5.54. The highest BCUT2D eigenvalue weighted by molar-refractivity contribution is 5.90. The van der Waals surface area contributed by atoms with Gasteiger partial charge in [-0.1, -0.05) is 6.07 Å². The molecule has 120 valence electrons. The topological polar surface area (TPSA) is 45.7 Å². The fourth-order valence-electron chi connectivity index (χ4n) is 3.49. The maximum absolute atomic E-state index is 12.0. The van der Waals surface area contributed by atoms with E-state index in [1.54, 1.807) is 4.90 Å². The molecule has 5 heteroatoms. The maximum atomic E-state index is 12.0. The summed E-state index contributed by atoms with van der Waals surface area (Å²) in [6, 6.07) is 6.82. The van der Waals surface area contributed by atoms with Gasteiger partial charge in [0, 0.05) is 6.04 Å². The van der Waals surface area contributed by atoms with Crippen LogP contribution in [0, 0.1) is 0 Å². The molecule has 3 rings (SSSR count). The molecule has 2 aliphatic heterocycles. The lowest BCUT2D eigenvalue weighted by Gasteiger charge is -2.30. The molecule has 0 radical (unpaired) electrons. The molecule has 2 aliphatic rings. The number of ether oxygens (including phenoxy) is 1. The van der Waals surface area contributed by atoms with E-state index in [0.717, 1.165) is 18.7 Å². The summed E-state index contributed by atoms with van der Waals surface area (Å²) < 4.78 is 5.20. The van der Waals surface area contributed by atoms with Gasteiger partial charge in [-0.2, -0.15) is 0 Å². The predicted octanol–water partition coefficient (Wildman–Crippen LogP) is 3.36. The van der Waals surface area contributed by atoms with Gasteiger partial charge in [-0.25, -0.2) is 9.78 Å². The molecule has 5 nitrogen and oxygen atoms in total. The monoisotopic (exact) mass is 303 g/mol. The second-order valence-corrected chi connectivity index (χ2v) is 7.11. The molecule has 0 aromatic carbocycles. The Hall–Kier alpha value is -1.62. The third-order valence-electron chi connectivity index (χ3n) is 4.62. The number of hydrogen-bond donors (Lipinski definition) is 0. The quantitative estimate of drug-likeness (QED) is 0.859. The number of hydrogen-bond acceptors (Lipinski definition) is 4. The number of anilines is 1. The molecule has 0 spiro atoms. The van der Waals surface area contributed by atoms with Crippen LogP contribution >= 0.6 is 0 Å². The van der Waals surface area contributed by atoms with Crippen molar-refractivity contribution < 1.29 is 9.53 Å². The molecule has 2 fully saturated rings. The smallest absolute Gasteiger partial charge is 0.416 e. The van der Waals surface area contributed by atoms with Crippen molar-refractivity contribution in [3.63, 3.8) is 0 Å². The highest BCUT2D eigenvalue weighted by Gasteiger charge is 2.42. The van der Waals surface area contributed by atoms with E-state index in [4.69, 9.17) is 9.72 Å². The van der Waals surface area contributed by atoms with Crippen LogP contribution in [0.25, 0.3) is 0 Å². The molecule has 0 N–H and O–H groups in total. The van der Waals surface area contributed by atoms with E-state index in [1.165, 1.54) is 6.42 Å². The molecule has 22 heavy (non-hydrogen) atoms. The van der Waals surface area contributed by atoms with Crippen molar-refractivity contribution in [3.8, 4) is 0 Å². The number of cyclic esters (lactones) is 1. The Bertz CT molecular complexity index is 571. The van der Waals surface area contributed by atoms with Crippen molar-refractivity contribution in [2.45, 2.75) is 58.2 Å². The maximum Gasteiger partial charge on any atom is 0.416 e. The van der Waals surface area contributed by atoms with E-state index in [-0.39, 0.29) is 11.6 Å². The van der Waals surface area contributed by atoms with E-state index in [0.29, 0.717) is 24.5 Å². The predicted molar refractivity (Wildman–Crippen MR) is 86.0 cm³/mol. The second-order valence-electron chi connectivity index (χ2n) is 7.11. The molecule has 0 aliphatic carbocycles. The molecule has 0 saturated carbocycles. The number of nitrogens with zero attached hydrogens (tertiary/aromatic N) is 3. The van der Waals surface area contributed by atoms with Crippen molar-refractivity contribution in [2.24, 2.45) is 0 Å². The van der Waals surface area contributed by atoms with Gasteiger partial charge < -0.3 is 4.74 Å². The Labute approximate surface area is 132 Å². The van der Waals surface area contributed by atoms with Crippen LogP contribution in [0.1, 0.15) is 52.3 Å². The first-order valence-electron chi connectivity index (χ1n) is 8.10. The molecular weight excluding hydrogens is 278 g/mol. The third-order valence-corrected chi connectivity index (χ3v) is 4.62. The Morgan fingerprint density at radius 1 is 1.36 bits per heavy atom. The van der Waals surface area contributed by atoms with Crippen LogP contribution in [0.2, 0.25) is 0 Å². The zero-order valence-electron chi connectivity index (χ0n) is 13.9. The molecule has 1 atom stereocenters. The van der Waals surface area contributed by atoms with E-state index >= 15 is 0 Å². The van der Waals surface area contributed by atoms with Gasteiger partial charge in [-0.3, -0.25) is 9.80 Å². The van der Waals surface area contributed by atoms with Gasteiger partial charge in [0.1, 0.15) is 12.4 Å². The van der Waals surface area contributed by atoms with Gasteiger partial charge in [0.15, 0.2) is 0 Å². The van der Waals surface area contributed by atoms with Crippen LogP contribution in [0.15, 0.2) is 18.2 Å². The van der Waals surface area contributed by atoms with Gasteiger partial charge in [0.05, 0.1) is 17.3 Å². The summed E-state index contributed by atoms with van der Waals surface area (Å²) in [7, 11) is 0. The first-order valence-corrected chi connectivity index (χ1v) is 8.10. The lowest BCUT2D eigenvalue weighted by molar-refractivity contribution is 0.175. The average Bonchev–Trinajstić information content (AvgIpc) is 3.04. The first kappa shape index (κ1) is 15.3. The number of pyridine rings is 1. The van der Waals surface area contributed by atoms with Crippen LogP contribution in [-0.4, -0.2) is 40.7 Å². The first-order chi connectivity index (χ1) is 10.4. The van der Waals surface area contributed by atoms with Crippen LogP contribution in [-0.2, 0) is 4.74 Å². The fraction of sp³-hybridized carbons (Fsp3) is 0.647. The summed E-state index contributed by atoms with van der Waals surface area (Å²) in [6.07, 6.45) is 2.02. The Balaban J connectivity index is 1.92. The largest absolute Gasteiger partial charge is 0.447 e. The lowest BCUT2D eigenvalue weighted by atomic mass is 10.1. The Morgan fingerprint density at radius 2 is 2.14 bits per heavy atom. The normalized spacial score (nSPS) is 25.0. The summed E-state index contributed by atoms with van der Waals surface area (Å²) >= 11 is 0. The van der Waals surface area contributed by atoms with Crippen molar-refractivity contribution in [1.82, 2.24) is 9.88 Å². The number of rotatable bonds is 3. The molecule has 2 saturated heterocycles. The van der Waals surface area contributed by atoms with E-state index in [9.17, 15) is 4.79 Å². The van der Waals surface area contributed by atoms with E-state index < -0.39 is 0 Å². The van der Waals surface area contributed by atoms with Gasteiger partial charge in [0.25, 0.3) is 0 Å². The minimum atomic E-state index is -0.351. The summed E-state index contributed by atoms with van der Waals surface area (Å²) in [5.74, 6) is 0.695. The van der Waals surface area contributed by atoms with Crippen LogP contribution in [0.3, 0.4) is 0 Å².